The Bertz CT molecular complexity index is 596. The zero-order valence-electron chi connectivity index (χ0n) is 9.02. The van der Waals surface area contributed by atoms with Gasteiger partial charge in [-0.1, -0.05) is 23.7 Å². The second-order valence-corrected chi connectivity index (χ2v) is 4.64. The molecule has 0 aliphatic heterocycles. The van der Waals surface area contributed by atoms with Gasteiger partial charge < -0.3 is 0 Å². The average molecular weight is 328 g/mol. The van der Waals surface area contributed by atoms with Crippen LogP contribution in [0.5, 0.6) is 0 Å². The third-order valence-electron chi connectivity index (χ3n) is 2.05. The minimum absolute atomic E-state index is 0.318. The number of carbonyl (C=O) groups is 1. The molecule has 18 heavy (non-hydrogen) atoms. The molecule has 0 unspecified atom stereocenters. The van der Waals surface area contributed by atoms with Crippen LogP contribution in [-0.4, -0.2) is 22.3 Å². The highest BCUT2D eigenvalue weighted by Crippen LogP contribution is 2.12. The lowest BCUT2D eigenvalue weighted by atomic mass is 10.2. The van der Waals surface area contributed by atoms with Gasteiger partial charge in [0, 0.05) is 5.02 Å². The summed E-state index contributed by atoms with van der Waals surface area (Å²) in [6.45, 7) is 0. The van der Waals surface area contributed by atoms with Gasteiger partial charge in [0.25, 0.3) is 5.91 Å². The van der Waals surface area contributed by atoms with Gasteiger partial charge in [0.15, 0.2) is 0 Å². The zero-order valence-corrected chi connectivity index (χ0v) is 11.4. The van der Waals surface area contributed by atoms with Gasteiger partial charge in [-0.05, 0) is 33.6 Å². The maximum Gasteiger partial charge on any atom is 0.290 e. The molecule has 0 atom stereocenters. The maximum absolute atomic E-state index is 11.6. The fourth-order valence-electron chi connectivity index (χ4n) is 1.24. The maximum atomic E-state index is 11.6. The van der Waals surface area contributed by atoms with E-state index in [1.54, 1.807) is 18.2 Å². The van der Waals surface area contributed by atoms with Gasteiger partial charge in [0.05, 0.1) is 16.9 Å². The minimum Gasteiger partial charge on any atom is -0.272 e. The summed E-state index contributed by atoms with van der Waals surface area (Å²) in [5.74, 6) is -0.377. The fraction of sp³-hybridized carbons (Fsp3) is 0. The normalized spacial score (nSPS) is 10.8. The molecule has 5 nitrogen and oxygen atoms in total. The molecule has 2 rings (SSSR count). The molecule has 1 heterocycles. The van der Waals surface area contributed by atoms with Crippen molar-refractivity contribution in [2.45, 2.75) is 0 Å². The molecule has 2 aromatic rings. The summed E-state index contributed by atoms with van der Waals surface area (Å²) in [6, 6.07) is 7.13. The molecule has 0 spiro atoms. The Balaban J connectivity index is 2.00. The molecule has 0 bridgehead atoms. The van der Waals surface area contributed by atoms with Gasteiger partial charge in [-0.15, -0.1) is 0 Å². The van der Waals surface area contributed by atoms with Crippen LogP contribution in [0.2, 0.25) is 5.02 Å². The van der Waals surface area contributed by atoms with Crippen LogP contribution in [0.25, 0.3) is 0 Å². The first-order chi connectivity index (χ1) is 8.66. The van der Waals surface area contributed by atoms with Crippen molar-refractivity contribution in [1.29, 1.82) is 0 Å². The second-order valence-electron chi connectivity index (χ2n) is 3.35. The van der Waals surface area contributed by atoms with Gasteiger partial charge in [0.1, 0.15) is 5.69 Å². The van der Waals surface area contributed by atoms with E-state index in [4.69, 9.17) is 11.6 Å². The van der Waals surface area contributed by atoms with Crippen molar-refractivity contribution in [3.05, 3.63) is 51.2 Å². The Morgan fingerprint density at radius 2 is 2.39 bits per heavy atom. The number of carbonyl (C=O) groups excluding carboxylic acids is 1. The number of H-pyrrole nitrogens is 1. The smallest absolute Gasteiger partial charge is 0.272 e. The molecule has 0 fully saturated rings. The Morgan fingerprint density at radius 1 is 1.56 bits per heavy atom. The van der Waals surface area contributed by atoms with Crippen LogP contribution in [0.15, 0.2) is 40.0 Å². The topological polar surface area (TPSA) is 70.1 Å². The number of aromatic nitrogens is 2. The molecule has 1 amide bonds. The lowest BCUT2D eigenvalue weighted by Crippen LogP contribution is -2.18. The minimum atomic E-state index is -0.377. The number of hydrogen-bond acceptors (Lipinski definition) is 3. The molecular formula is C11H8BrClN4O. The fourth-order valence-corrected chi connectivity index (χ4v) is 1.81. The van der Waals surface area contributed by atoms with Crippen LogP contribution in [0, 0.1) is 0 Å². The lowest BCUT2D eigenvalue weighted by molar-refractivity contribution is 0.0949. The molecule has 1 aromatic carbocycles. The van der Waals surface area contributed by atoms with E-state index in [1.165, 1.54) is 12.4 Å². The molecule has 1 aromatic heterocycles. The van der Waals surface area contributed by atoms with E-state index in [2.05, 4.69) is 36.7 Å². The van der Waals surface area contributed by atoms with Crippen molar-refractivity contribution in [2.24, 2.45) is 5.10 Å². The molecule has 0 aliphatic rings. The highest BCUT2D eigenvalue weighted by atomic mass is 79.9. The van der Waals surface area contributed by atoms with E-state index in [-0.39, 0.29) is 5.91 Å². The number of amides is 1. The van der Waals surface area contributed by atoms with Crippen LogP contribution in [0.4, 0.5) is 0 Å². The summed E-state index contributed by atoms with van der Waals surface area (Å²) in [7, 11) is 0. The standard InChI is InChI=1S/C11H8BrClN4O/c12-9-6-15-16-10(9)11(18)17-14-5-7-2-1-3-8(13)4-7/h1-6H,(H,15,16)(H,17,18). The molecule has 92 valence electrons. The first kappa shape index (κ1) is 12.8. The van der Waals surface area contributed by atoms with E-state index in [9.17, 15) is 4.79 Å². The molecule has 0 saturated heterocycles. The Morgan fingerprint density at radius 3 is 3.06 bits per heavy atom. The van der Waals surface area contributed by atoms with Crippen molar-refractivity contribution in [2.75, 3.05) is 0 Å². The Kier molecular flexibility index (Phi) is 4.11. The quantitative estimate of drug-likeness (QED) is 0.672. The SMILES string of the molecule is O=C(NN=Cc1cccc(Cl)c1)c1[nH]ncc1Br. The van der Waals surface area contributed by atoms with Crippen LogP contribution in [-0.2, 0) is 0 Å². The van der Waals surface area contributed by atoms with Gasteiger partial charge in [-0.25, -0.2) is 5.43 Å². The zero-order chi connectivity index (χ0) is 13.0. The van der Waals surface area contributed by atoms with Crippen LogP contribution in [0.1, 0.15) is 16.1 Å². The average Bonchev–Trinajstić information content (AvgIpc) is 2.75. The molecule has 0 radical (unpaired) electrons. The lowest BCUT2D eigenvalue weighted by Gasteiger charge is -1.97. The molecule has 0 aliphatic carbocycles. The number of halogens is 2. The summed E-state index contributed by atoms with van der Waals surface area (Å²) in [5, 5.41) is 10.7. The number of hydrazone groups is 1. The largest absolute Gasteiger partial charge is 0.290 e. The highest BCUT2D eigenvalue weighted by molar-refractivity contribution is 9.10. The predicted octanol–water partition coefficient (Wildman–Crippen LogP) is 2.59. The van der Waals surface area contributed by atoms with Crippen molar-refractivity contribution in [1.82, 2.24) is 15.6 Å². The number of nitrogens with one attached hydrogen (secondary N) is 2. The van der Waals surface area contributed by atoms with Crippen LogP contribution >= 0.6 is 27.5 Å². The van der Waals surface area contributed by atoms with Gasteiger partial charge in [0.2, 0.25) is 0 Å². The molecule has 2 N–H and O–H groups in total. The number of aromatic amines is 1. The summed E-state index contributed by atoms with van der Waals surface area (Å²) in [4.78, 5) is 11.6. The molecular weight excluding hydrogens is 320 g/mol. The molecule has 0 saturated carbocycles. The van der Waals surface area contributed by atoms with E-state index >= 15 is 0 Å². The van der Waals surface area contributed by atoms with Gasteiger partial charge in [-0.3, -0.25) is 9.89 Å². The van der Waals surface area contributed by atoms with E-state index in [0.717, 1.165) is 5.56 Å². The Labute approximate surface area is 116 Å². The summed E-state index contributed by atoms with van der Waals surface area (Å²) < 4.78 is 0.581. The third kappa shape index (κ3) is 3.18. The molecule has 7 heteroatoms. The summed E-state index contributed by atoms with van der Waals surface area (Å²) in [6.07, 6.45) is 3.00. The monoisotopic (exact) mass is 326 g/mol. The Hall–Kier alpha value is -1.66. The van der Waals surface area contributed by atoms with Crippen molar-refractivity contribution >= 4 is 39.7 Å². The van der Waals surface area contributed by atoms with Gasteiger partial charge in [-0.2, -0.15) is 10.2 Å². The van der Waals surface area contributed by atoms with E-state index < -0.39 is 0 Å². The van der Waals surface area contributed by atoms with Gasteiger partial charge >= 0.3 is 0 Å². The first-order valence-corrected chi connectivity index (χ1v) is 6.12. The number of rotatable bonds is 3. The van der Waals surface area contributed by atoms with Crippen molar-refractivity contribution in [3.63, 3.8) is 0 Å². The highest BCUT2D eigenvalue weighted by Gasteiger charge is 2.10. The summed E-state index contributed by atoms with van der Waals surface area (Å²) in [5.41, 5.74) is 3.50. The first-order valence-electron chi connectivity index (χ1n) is 4.94. The number of hydrogen-bond donors (Lipinski definition) is 2. The van der Waals surface area contributed by atoms with Crippen molar-refractivity contribution < 1.29 is 4.79 Å². The van der Waals surface area contributed by atoms with E-state index in [1.807, 2.05) is 6.07 Å². The van der Waals surface area contributed by atoms with Crippen molar-refractivity contribution in [3.8, 4) is 0 Å². The van der Waals surface area contributed by atoms with E-state index in [0.29, 0.717) is 15.2 Å². The third-order valence-corrected chi connectivity index (χ3v) is 2.88. The number of nitrogens with zero attached hydrogens (tertiary/aromatic N) is 2. The predicted molar refractivity (Wildman–Crippen MR) is 72.8 cm³/mol. The van der Waals surface area contributed by atoms with Crippen LogP contribution in [0.3, 0.4) is 0 Å². The second kappa shape index (κ2) is 5.79. The van der Waals surface area contributed by atoms with Crippen LogP contribution < -0.4 is 5.43 Å². The number of benzene rings is 1. The summed E-state index contributed by atoms with van der Waals surface area (Å²) >= 11 is 9.01.